The minimum atomic E-state index is -0.535. The van der Waals surface area contributed by atoms with Crippen molar-refractivity contribution in [3.63, 3.8) is 0 Å². The minimum Gasteiger partial charge on any atom is -0.352 e. The average molecular weight is 498 g/mol. The van der Waals surface area contributed by atoms with Gasteiger partial charge in [0.15, 0.2) is 0 Å². The predicted molar refractivity (Wildman–Crippen MR) is 114 cm³/mol. The minimum absolute atomic E-state index is 0.131. The van der Waals surface area contributed by atoms with Crippen LogP contribution in [0.5, 0.6) is 0 Å². The van der Waals surface area contributed by atoms with Gasteiger partial charge in [-0.05, 0) is 30.3 Å². The quantitative estimate of drug-likeness (QED) is 0.511. The number of amides is 2. The van der Waals surface area contributed by atoms with Gasteiger partial charge in [-0.2, -0.15) is 0 Å². The lowest BCUT2D eigenvalue weighted by Crippen LogP contribution is -2.25. The van der Waals surface area contributed by atoms with Crippen LogP contribution in [-0.4, -0.2) is 28.6 Å². The molecular formula is C19H15BrClFN4O2S. The summed E-state index contributed by atoms with van der Waals surface area (Å²) < 4.78 is 14.6. The summed E-state index contributed by atoms with van der Waals surface area (Å²) in [5, 5.41) is 14.4. The molecular weight excluding hydrogens is 483 g/mol. The van der Waals surface area contributed by atoms with Crippen molar-refractivity contribution in [3.8, 4) is 0 Å². The highest BCUT2D eigenvalue weighted by molar-refractivity contribution is 9.10. The number of rotatable bonds is 7. The Bertz CT molecular complexity index is 1030. The summed E-state index contributed by atoms with van der Waals surface area (Å²) in [7, 11) is 0. The lowest BCUT2D eigenvalue weighted by atomic mass is 10.1. The monoisotopic (exact) mass is 496 g/mol. The molecule has 1 aromatic heterocycles. The number of carbonyl (C=O) groups is 2. The van der Waals surface area contributed by atoms with E-state index in [0.717, 1.165) is 4.47 Å². The molecule has 0 unspecified atom stereocenters. The molecule has 0 saturated carbocycles. The van der Waals surface area contributed by atoms with Crippen molar-refractivity contribution in [2.75, 3.05) is 11.9 Å². The Kier molecular flexibility index (Phi) is 7.29. The Morgan fingerprint density at radius 1 is 1.17 bits per heavy atom. The van der Waals surface area contributed by atoms with Gasteiger partial charge in [-0.15, -0.1) is 10.2 Å². The van der Waals surface area contributed by atoms with Crippen LogP contribution < -0.4 is 10.6 Å². The zero-order valence-electron chi connectivity index (χ0n) is 14.9. The average Bonchev–Trinajstić information content (AvgIpc) is 3.12. The van der Waals surface area contributed by atoms with E-state index in [1.807, 2.05) is 6.07 Å². The van der Waals surface area contributed by atoms with E-state index in [9.17, 15) is 14.0 Å². The molecule has 150 valence electrons. The van der Waals surface area contributed by atoms with Crippen molar-refractivity contribution in [1.82, 2.24) is 15.5 Å². The smallest absolute Gasteiger partial charge is 0.251 e. The van der Waals surface area contributed by atoms with E-state index in [2.05, 4.69) is 36.8 Å². The van der Waals surface area contributed by atoms with E-state index in [-0.39, 0.29) is 22.9 Å². The second-order valence-corrected chi connectivity index (χ2v) is 8.33. The molecule has 29 heavy (non-hydrogen) atoms. The third-order valence-electron chi connectivity index (χ3n) is 3.82. The largest absolute Gasteiger partial charge is 0.352 e. The van der Waals surface area contributed by atoms with E-state index in [0.29, 0.717) is 28.7 Å². The molecule has 2 N–H and O–H groups in total. The molecule has 0 bridgehead atoms. The van der Waals surface area contributed by atoms with Crippen molar-refractivity contribution in [3.05, 3.63) is 73.9 Å². The number of anilines is 1. The molecule has 2 aromatic carbocycles. The highest BCUT2D eigenvalue weighted by Crippen LogP contribution is 2.21. The molecule has 0 atom stereocenters. The van der Waals surface area contributed by atoms with E-state index in [1.54, 1.807) is 18.2 Å². The van der Waals surface area contributed by atoms with Crippen LogP contribution in [0.15, 0.2) is 46.9 Å². The molecule has 3 rings (SSSR count). The Morgan fingerprint density at radius 3 is 2.72 bits per heavy atom. The molecule has 3 aromatic rings. The number of nitrogens with one attached hydrogen (secondary N) is 2. The van der Waals surface area contributed by atoms with Gasteiger partial charge in [0.05, 0.1) is 6.42 Å². The fourth-order valence-electron chi connectivity index (χ4n) is 2.45. The first-order valence-electron chi connectivity index (χ1n) is 8.51. The zero-order chi connectivity index (χ0) is 20.8. The van der Waals surface area contributed by atoms with Gasteiger partial charge in [-0.1, -0.05) is 51.0 Å². The van der Waals surface area contributed by atoms with E-state index in [1.165, 1.54) is 29.5 Å². The highest BCUT2D eigenvalue weighted by Gasteiger charge is 2.14. The predicted octanol–water partition coefficient (Wildman–Crippen LogP) is 4.25. The van der Waals surface area contributed by atoms with E-state index < -0.39 is 11.7 Å². The van der Waals surface area contributed by atoms with Crippen molar-refractivity contribution < 1.29 is 14.0 Å². The first kappa shape index (κ1) is 21.4. The highest BCUT2D eigenvalue weighted by atomic mass is 79.9. The third kappa shape index (κ3) is 6.06. The van der Waals surface area contributed by atoms with Crippen LogP contribution >= 0.6 is 38.9 Å². The molecule has 0 aliphatic carbocycles. The summed E-state index contributed by atoms with van der Waals surface area (Å²) in [6.07, 6.45) is 0.259. The number of benzene rings is 2. The first-order chi connectivity index (χ1) is 13.9. The Labute approximate surface area is 183 Å². The second-order valence-electron chi connectivity index (χ2n) is 5.94. The van der Waals surface area contributed by atoms with E-state index in [4.69, 9.17) is 11.6 Å². The van der Waals surface area contributed by atoms with Gasteiger partial charge in [-0.3, -0.25) is 9.59 Å². The van der Waals surface area contributed by atoms with Crippen molar-refractivity contribution in [1.29, 1.82) is 0 Å². The number of nitrogens with zero attached hydrogens (tertiary/aromatic N) is 2. The van der Waals surface area contributed by atoms with Crippen LogP contribution in [0.1, 0.15) is 20.9 Å². The number of carbonyl (C=O) groups excluding carboxylic acids is 2. The van der Waals surface area contributed by atoms with Crippen LogP contribution in [0.4, 0.5) is 9.52 Å². The topological polar surface area (TPSA) is 84.0 Å². The maximum atomic E-state index is 13.8. The fourth-order valence-corrected chi connectivity index (χ4v) is 3.83. The normalized spacial score (nSPS) is 10.6. The van der Waals surface area contributed by atoms with Crippen LogP contribution in [0.3, 0.4) is 0 Å². The fraction of sp³-hybridized carbons (Fsp3) is 0.158. The first-order valence-corrected chi connectivity index (χ1v) is 10.5. The molecule has 0 fully saturated rings. The molecule has 0 radical (unpaired) electrons. The standard InChI is InChI=1S/C19H15BrClFN4O2S/c20-12-4-1-3-11(9-12)18(28)23-8-7-17-25-26-19(29-17)24-16(27)10-13-14(21)5-2-6-15(13)22/h1-6,9H,7-8,10H2,(H,23,28)(H,24,26,27). The summed E-state index contributed by atoms with van der Waals surface area (Å²) in [5.41, 5.74) is 0.683. The van der Waals surface area contributed by atoms with Gasteiger partial charge in [0, 0.05) is 33.6 Å². The summed E-state index contributed by atoms with van der Waals surface area (Å²) in [4.78, 5) is 24.2. The Balaban J connectivity index is 1.49. The lowest BCUT2D eigenvalue weighted by molar-refractivity contribution is -0.115. The number of aromatic nitrogens is 2. The number of halogens is 3. The van der Waals surface area contributed by atoms with Gasteiger partial charge in [0.1, 0.15) is 10.8 Å². The van der Waals surface area contributed by atoms with Gasteiger partial charge in [-0.25, -0.2) is 4.39 Å². The number of hydrogen-bond donors (Lipinski definition) is 2. The zero-order valence-corrected chi connectivity index (χ0v) is 18.1. The van der Waals surface area contributed by atoms with Crippen molar-refractivity contribution in [2.24, 2.45) is 0 Å². The third-order valence-corrected chi connectivity index (χ3v) is 5.57. The Morgan fingerprint density at radius 2 is 1.97 bits per heavy atom. The molecule has 1 heterocycles. The SMILES string of the molecule is O=C(Cc1c(F)cccc1Cl)Nc1nnc(CCNC(=O)c2cccc(Br)c2)s1. The van der Waals surface area contributed by atoms with Crippen molar-refractivity contribution >= 4 is 55.8 Å². The number of hydrogen-bond acceptors (Lipinski definition) is 5. The van der Waals surface area contributed by atoms with Crippen molar-refractivity contribution in [2.45, 2.75) is 12.8 Å². The summed E-state index contributed by atoms with van der Waals surface area (Å²) in [6.45, 7) is 0.374. The summed E-state index contributed by atoms with van der Waals surface area (Å²) in [6, 6.07) is 11.3. The maximum absolute atomic E-state index is 13.8. The Hall–Kier alpha value is -2.36. The molecule has 2 amide bonds. The lowest BCUT2D eigenvalue weighted by Gasteiger charge is -2.05. The van der Waals surface area contributed by atoms with Crippen LogP contribution in [-0.2, 0) is 17.6 Å². The molecule has 0 spiro atoms. The van der Waals surface area contributed by atoms with Crippen LogP contribution in [0.25, 0.3) is 0 Å². The maximum Gasteiger partial charge on any atom is 0.251 e. The van der Waals surface area contributed by atoms with E-state index >= 15 is 0 Å². The molecule has 6 nitrogen and oxygen atoms in total. The molecule has 0 saturated heterocycles. The summed E-state index contributed by atoms with van der Waals surface area (Å²) >= 11 is 10.5. The van der Waals surface area contributed by atoms with Crippen LogP contribution in [0.2, 0.25) is 5.02 Å². The van der Waals surface area contributed by atoms with Crippen LogP contribution in [0, 0.1) is 5.82 Å². The summed E-state index contributed by atoms with van der Waals surface area (Å²) in [5.74, 6) is -1.17. The molecule has 0 aliphatic rings. The van der Waals surface area contributed by atoms with Gasteiger partial charge < -0.3 is 10.6 Å². The van der Waals surface area contributed by atoms with Gasteiger partial charge in [0.2, 0.25) is 11.0 Å². The van der Waals surface area contributed by atoms with Gasteiger partial charge >= 0.3 is 0 Å². The molecule has 10 heteroatoms. The van der Waals surface area contributed by atoms with Gasteiger partial charge in [0.25, 0.3) is 5.91 Å². The second kappa shape index (κ2) is 9.91. The molecule has 0 aliphatic heterocycles.